The van der Waals surface area contributed by atoms with Crippen LogP contribution in [0.25, 0.3) is 0 Å². The Bertz CT molecular complexity index is 714. The first-order chi connectivity index (χ1) is 12.7. The Balaban J connectivity index is 1.54. The van der Waals surface area contributed by atoms with Gasteiger partial charge in [0.05, 0.1) is 11.4 Å². The lowest BCUT2D eigenvalue weighted by Gasteiger charge is -2.44. The molecule has 2 aromatic rings. The van der Waals surface area contributed by atoms with Gasteiger partial charge in [-0.3, -0.25) is 4.90 Å². The van der Waals surface area contributed by atoms with Crippen LogP contribution in [0, 0.1) is 0 Å². The highest BCUT2D eigenvalue weighted by Crippen LogP contribution is 2.37. The number of anilines is 3. The van der Waals surface area contributed by atoms with E-state index in [2.05, 4.69) is 83.1 Å². The summed E-state index contributed by atoms with van der Waals surface area (Å²) in [6.45, 7) is 9.31. The van der Waals surface area contributed by atoms with Crippen LogP contribution in [0.2, 0.25) is 0 Å². The van der Waals surface area contributed by atoms with E-state index >= 15 is 0 Å². The predicted molar refractivity (Wildman–Crippen MR) is 112 cm³/mol. The minimum atomic E-state index is 0.599. The fraction of sp³-hybridized carbons (Fsp3) is 0.478. The van der Waals surface area contributed by atoms with E-state index in [1.165, 1.54) is 42.9 Å². The summed E-state index contributed by atoms with van der Waals surface area (Å²) in [5.41, 5.74) is 4.00. The predicted octanol–water partition coefficient (Wildman–Crippen LogP) is 4.91. The van der Waals surface area contributed by atoms with Crippen molar-refractivity contribution >= 4 is 17.1 Å². The summed E-state index contributed by atoms with van der Waals surface area (Å²) in [5, 5.41) is 0. The molecule has 0 amide bonds. The fourth-order valence-corrected chi connectivity index (χ4v) is 4.69. The molecular formula is C23H31N3. The van der Waals surface area contributed by atoms with Crippen molar-refractivity contribution in [2.45, 2.75) is 45.2 Å². The monoisotopic (exact) mass is 349 g/mol. The van der Waals surface area contributed by atoms with Crippen LogP contribution < -0.4 is 9.80 Å². The average molecular weight is 350 g/mol. The van der Waals surface area contributed by atoms with Crippen LogP contribution in [0.3, 0.4) is 0 Å². The van der Waals surface area contributed by atoms with Crippen molar-refractivity contribution < 1.29 is 0 Å². The quantitative estimate of drug-likeness (QED) is 0.777. The summed E-state index contributed by atoms with van der Waals surface area (Å²) >= 11 is 0. The maximum absolute atomic E-state index is 2.72. The lowest BCUT2D eigenvalue weighted by molar-refractivity contribution is 0.117. The molecule has 0 radical (unpaired) electrons. The van der Waals surface area contributed by atoms with Crippen LogP contribution >= 0.6 is 0 Å². The van der Waals surface area contributed by atoms with Gasteiger partial charge in [0, 0.05) is 37.4 Å². The van der Waals surface area contributed by atoms with E-state index in [1.54, 1.807) is 0 Å². The van der Waals surface area contributed by atoms with E-state index in [4.69, 9.17) is 0 Å². The zero-order valence-electron chi connectivity index (χ0n) is 16.1. The first-order valence-electron chi connectivity index (χ1n) is 10.2. The molecule has 1 saturated heterocycles. The first-order valence-corrected chi connectivity index (χ1v) is 10.2. The summed E-state index contributed by atoms with van der Waals surface area (Å²) in [4.78, 5) is 7.77. The van der Waals surface area contributed by atoms with Crippen LogP contribution in [0.1, 0.15) is 33.1 Å². The molecule has 0 bridgehead atoms. The van der Waals surface area contributed by atoms with Crippen molar-refractivity contribution in [3.8, 4) is 0 Å². The van der Waals surface area contributed by atoms with Gasteiger partial charge < -0.3 is 9.80 Å². The highest BCUT2D eigenvalue weighted by atomic mass is 15.3. The molecule has 138 valence electrons. The number of piperidine rings is 1. The highest BCUT2D eigenvalue weighted by molar-refractivity contribution is 5.79. The Labute approximate surface area is 158 Å². The maximum Gasteiger partial charge on any atom is 0.0649 e. The second kappa shape index (κ2) is 7.71. The van der Waals surface area contributed by atoms with Crippen LogP contribution in [0.4, 0.5) is 17.1 Å². The normalized spacial score (nSPS) is 22.2. The number of hydrogen-bond donors (Lipinski definition) is 0. The molecule has 2 aliphatic heterocycles. The number of benzene rings is 2. The topological polar surface area (TPSA) is 9.72 Å². The van der Waals surface area contributed by atoms with Crippen LogP contribution in [0.5, 0.6) is 0 Å². The molecule has 26 heavy (non-hydrogen) atoms. The second-order valence-corrected chi connectivity index (χ2v) is 7.85. The van der Waals surface area contributed by atoms with Gasteiger partial charge in [-0.1, -0.05) is 36.8 Å². The molecule has 3 nitrogen and oxygen atoms in total. The van der Waals surface area contributed by atoms with Crippen molar-refractivity contribution in [2.75, 3.05) is 36.0 Å². The summed E-state index contributed by atoms with van der Waals surface area (Å²) in [6, 6.07) is 21.0. The van der Waals surface area contributed by atoms with E-state index in [1.807, 2.05) is 0 Å². The number of nitrogens with zero attached hydrogens (tertiary/aromatic N) is 3. The van der Waals surface area contributed by atoms with Gasteiger partial charge in [-0.25, -0.2) is 0 Å². The number of fused-ring (bicyclic) bond motifs is 1. The second-order valence-electron chi connectivity index (χ2n) is 7.85. The molecule has 4 rings (SSSR count). The molecule has 3 heteroatoms. The third kappa shape index (κ3) is 3.45. The Hall–Kier alpha value is -2.00. The number of para-hydroxylation sites is 3. The molecular weight excluding hydrogens is 318 g/mol. The van der Waals surface area contributed by atoms with Crippen LogP contribution in [0.15, 0.2) is 54.6 Å². The molecule has 2 aromatic carbocycles. The van der Waals surface area contributed by atoms with Crippen molar-refractivity contribution in [3.05, 3.63) is 54.6 Å². The van der Waals surface area contributed by atoms with E-state index in [0.717, 1.165) is 25.7 Å². The Morgan fingerprint density at radius 3 is 2.38 bits per heavy atom. The summed E-state index contributed by atoms with van der Waals surface area (Å²) in [6.07, 6.45) is 4.10. The molecule has 2 atom stereocenters. The van der Waals surface area contributed by atoms with Gasteiger partial charge in [0.2, 0.25) is 0 Å². The summed E-state index contributed by atoms with van der Waals surface area (Å²) in [7, 11) is 0. The van der Waals surface area contributed by atoms with E-state index < -0.39 is 0 Å². The molecule has 0 spiro atoms. The van der Waals surface area contributed by atoms with Gasteiger partial charge in [-0.05, 0) is 57.5 Å². The molecule has 0 N–H and O–H groups in total. The first kappa shape index (κ1) is 17.4. The van der Waals surface area contributed by atoms with E-state index in [0.29, 0.717) is 6.04 Å². The minimum Gasteiger partial charge on any atom is -0.367 e. The van der Waals surface area contributed by atoms with Gasteiger partial charge in [-0.2, -0.15) is 0 Å². The van der Waals surface area contributed by atoms with Gasteiger partial charge in [0.1, 0.15) is 0 Å². The molecule has 1 fully saturated rings. The van der Waals surface area contributed by atoms with Gasteiger partial charge >= 0.3 is 0 Å². The molecule has 2 aliphatic rings. The fourth-order valence-electron chi connectivity index (χ4n) is 4.69. The number of likely N-dealkylation sites (tertiary alicyclic amines) is 1. The SMILES string of the molecule is CC1CCCCN1C(C)CN1CCN(c2ccccc2)c2ccccc21. The minimum absolute atomic E-state index is 0.599. The van der Waals surface area contributed by atoms with Gasteiger partial charge in [-0.15, -0.1) is 0 Å². The Morgan fingerprint density at radius 1 is 0.885 bits per heavy atom. The van der Waals surface area contributed by atoms with Gasteiger partial charge in [0.15, 0.2) is 0 Å². The highest BCUT2D eigenvalue weighted by Gasteiger charge is 2.28. The van der Waals surface area contributed by atoms with Crippen molar-refractivity contribution in [1.82, 2.24) is 4.90 Å². The van der Waals surface area contributed by atoms with Crippen molar-refractivity contribution in [3.63, 3.8) is 0 Å². The maximum atomic E-state index is 2.72. The zero-order valence-corrected chi connectivity index (χ0v) is 16.1. The smallest absolute Gasteiger partial charge is 0.0649 e. The zero-order chi connectivity index (χ0) is 17.9. The van der Waals surface area contributed by atoms with E-state index in [9.17, 15) is 0 Å². The van der Waals surface area contributed by atoms with Crippen molar-refractivity contribution in [1.29, 1.82) is 0 Å². The third-order valence-corrected chi connectivity index (χ3v) is 6.08. The molecule has 0 aliphatic carbocycles. The summed E-state index contributed by atoms with van der Waals surface area (Å²) in [5.74, 6) is 0. The van der Waals surface area contributed by atoms with Crippen LogP contribution in [-0.4, -0.2) is 43.2 Å². The molecule has 0 aromatic heterocycles. The lowest BCUT2D eigenvalue weighted by Crippen LogP contribution is -2.50. The molecule has 2 heterocycles. The standard InChI is InChI=1S/C23H31N3/c1-19-10-8-9-15-25(19)20(2)18-24-16-17-26(21-11-4-3-5-12-21)23-14-7-6-13-22(23)24/h3-7,11-14,19-20H,8-10,15-18H2,1-2H3. The Morgan fingerprint density at radius 2 is 1.62 bits per heavy atom. The largest absolute Gasteiger partial charge is 0.367 e. The average Bonchev–Trinajstić information content (AvgIpc) is 2.69. The number of hydrogen-bond acceptors (Lipinski definition) is 3. The van der Waals surface area contributed by atoms with Crippen LogP contribution in [-0.2, 0) is 0 Å². The van der Waals surface area contributed by atoms with E-state index in [-0.39, 0.29) is 0 Å². The van der Waals surface area contributed by atoms with Crippen molar-refractivity contribution in [2.24, 2.45) is 0 Å². The summed E-state index contributed by atoms with van der Waals surface area (Å²) < 4.78 is 0. The van der Waals surface area contributed by atoms with Gasteiger partial charge in [0.25, 0.3) is 0 Å². The third-order valence-electron chi connectivity index (χ3n) is 6.08. The Kier molecular flexibility index (Phi) is 5.16. The molecule has 0 saturated carbocycles. The molecule has 2 unspecified atom stereocenters. The number of rotatable bonds is 4. The lowest BCUT2D eigenvalue weighted by atomic mass is 10.0.